The first-order chi connectivity index (χ1) is 7.63. The Balaban J connectivity index is 2.47. The number of hydrogen-bond donors (Lipinski definition) is 3. The molecule has 0 radical (unpaired) electrons. The van der Waals surface area contributed by atoms with Gasteiger partial charge < -0.3 is 15.7 Å². The third-order valence-electron chi connectivity index (χ3n) is 2.38. The van der Waals surface area contributed by atoms with E-state index in [9.17, 15) is 4.79 Å². The van der Waals surface area contributed by atoms with Gasteiger partial charge in [-0.2, -0.15) is 0 Å². The van der Waals surface area contributed by atoms with Crippen LogP contribution >= 0.6 is 0 Å². The number of rotatable bonds is 5. The summed E-state index contributed by atoms with van der Waals surface area (Å²) in [4.78, 5) is 11.7. The summed E-state index contributed by atoms with van der Waals surface area (Å²) in [6, 6.07) is 7.49. The molecular formula is C12H19N2O2+. The predicted molar refractivity (Wildman–Crippen MR) is 63.1 cm³/mol. The van der Waals surface area contributed by atoms with Crippen LogP contribution in [-0.4, -0.2) is 30.2 Å². The number of nitrogens with one attached hydrogen (secondary N) is 1. The van der Waals surface area contributed by atoms with Crippen molar-refractivity contribution in [3.8, 4) is 0 Å². The summed E-state index contributed by atoms with van der Waals surface area (Å²) in [6.45, 7) is 4.45. The molecule has 1 atom stereocenters. The molecule has 0 heterocycles. The summed E-state index contributed by atoms with van der Waals surface area (Å²) in [5.41, 5.74) is 1.97. The largest absolute Gasteiger partial charge is 0.391 e. The Bertz CT molecular complexity index is 335. The van der Waals surface area contributed by atoms with Crippen LogP contribution in [0.15, 0.2) is 24.3 Å². The molecule has 1 aromatic rings. The molecule has 0 aliphatic carbocycles. The number of nitrogens with two attached hydrogens (primary N) is 1. The van der Waals surface area contributed by atoms with E-state index in [-0.39, 0.29) is 18.6 Å². The molecule has 0 fully saturated rings. The van der Waals surface area contributed by atoms with E-state index in [2.05, 4.69) is 5.32 Å². The Kier molecular flexibility index (Phi) is 4.95. The van der Waals surface area contributed by atoms with E-state index >= 15 is 0 Å². The van der Waals surface area contributed by atoms with Crippen molar-refractivity contribution >= 4 is 11.6 Å². The third kappa shape index (κ3) is 4.00. The molecule has 0 aliphatic rings. The second-order valence-corrected chi connectivity index (χ2v) is 3.89. The Morgan fingerprint density at radius 2 is 2.06 bits per heavy atom. The minimum absolute atomic E-state index is 0.0442. The average molecular weight is 223 g/mol. The maximum atomic E-state index is 11.7. The third-order valence-corrected chi connectivity index (χ3v) is 2.38. The summed E-state index contributed by atoms with van der Waals surface area (Å²) >= 11 is 0. The maximum Gasteiger partial charge on any atom is 0.282 e. The Hall–Kier alpha value is -1.39. The van der Waals surface area contributed by atoms with E-state index in [1.807, 2.05) is 43.4 Å². The van der Waals surface area contributed by atoms with E-state index in [1.54, 1.807) is 0 Å². The molecule has 0 aromatic heterocycles. The SMILES string of the molecule is Cc1ccc(NC(=O)[C@@H](C)[NH2+]CCO)cc1. The highest BCUT2D eigenvalue weighted by molar-refractivity contribution is 5.93. The lowest BCUT2D eigenvalue weighted by Crippen LogP contribution is -2.92. The zero-order valence-corrected chi connectivity index (χ0v) is 9.73. The average Bonchev–Trinajstić information content (AvgIpc) is 2.29. The van der Waals surface area contributed by atoms with E-state index in [0.717, 1.165) is 11.3 Å². The van der Waals surface area contributed by atoms with Crippen molar-refractivity contribution < 1.29 is 15.2 Å². The van der Waals surface area contributed by atoms with E-state index in [1.165, 1.54) is 0 Å². The van der Waals surface area contributed by atoms with Gasteiger partial charge in [0.05, 0.1) is 13.2 Å². The maximum absolute atomic E-state index is 11.7. The van der Waals surface area contributed by atoms with Crippen molar-refractivity contribution in [2.75, 3.05) is 18.5 Å². The minimum Gasteiger partial charge on any atom is -0.391 e. The molecule has 4 N–H and O–H groups in total. The fourth-order valence-corrected chi connectivity index (χ4v) is 1.32. The lowest BCUT2D eigenvalue weighted by Gasteiger charge is -2.10. The van der Waals surface area contributed by atoms with Crippen LogP contribution in [0.1, 0.15) is 12.5 Å². The first kappa shape index (κ1) is 12.7. The van der Waals surface area contributed by atoms with Crippen molar-refractivity contribution in [3.63, 3.8) is 0 Å². The number of hydrogen-bond acceptors (Lipinski definition) is 2. The molecule has 0 spiro atoms. The van der Waals surface area contributed by atoms with Crippen molar-refractivity contribution in [1.29, 1.82) is 0 Å². The molecule has 1 amide bonds. The van der Waals surface area contributed by atoms with Crippen LogP contribution in [0, 0.1) is 6.92 Å². The number of benzene rings is 1. The van der Waals surface area contributed by atoms with Crippen molar-refractivity contribution in [2.24, 2.45) is 0 Å². The van der Waals surface area contributed by atoms with Gasteiger partial charge in [-0.1, -0.05) is 17.7 Å². The van der Waals surface area contributed by atoms with Crippen molar-refractivity contribution in [3.05, 3.63) is 29.8 Å². The van der Waals surface area contributed by atoms with Gasteiger partial charge in [0.2, 0.25) is 0 Å². The second-order valence-electron chi connectivity index (χ2n) is 3.89. The predicted octanol–water partition coefficient (Wildman–Crippen LogP) is -0.122. The number of aliphatic hydroxyl groups excluding tert-OH is 1. The minimum atomic E-state index is -0.187. The molecule has 4 heteroatoms. The number of quaternary nitrogens is 1. The van der Waals surface area contributed by atoms with Crippen LogP contribution in [0.5, 0.6) is 0 Å². The van der Waals surface area contributed by atoms with Gasteiger partial charge in [-0.25, -0.2) is 0 Å². The molecule has 0 bridgehead atoms. The van der Waals surface area contributed by atoms with Crippen LogP contribution in [0.3, 0.4) is 0 Å². The Morgan fingerprint density at radius 3 is 2.62 bits per heavy atom. The molecule has 16 heavy (non-hydrogen) atoms. The van der Waals surface area contributed by atoms with Gasteiger partial charge in [0.25, 0.3) is 5.91 Å². The molecular weight excluding hydrogens is 204 g/mol. The number of amides is 1. The number of carbonyl (C=O) groups is 1. The molecule has 4 nitrogen and oxygen atoms in total. The normalized spacial score (nSPS) is 12.2. The molecule has 0 saturated carbocycles. The van der Waals surface area contributed by atoms with Crippen LogP contribution in [0.2, 0.25) is 0 Å². The fourth-order valence-electron chi connectivity index (χ4n) is 1.32. The molecule has 88 valence electrons. The monoisotopic (exact) mass is 223 g/mol. The lowest BCUT2D eigenvalue weighted by molar-refractivity contribution is -0.674. The lowest BCUT2D eigenvalue weighted by atomic mass is 10.2. The molecule has 0 saturated heterocycles. The van der Waals surface area contributed by atoms with E-state index in [0.29, 0.717) is 6.54 Å². The van der Waals surface area contributed by atoms with Gasteiger partial charge in [0.15, 0.2) is 6.04 Å². The summed E-state index contributed by atoms with van der Waals surface area (Å²) < 4.78 is 0. The molecule has 0 aliphatic heterocycles. The number of aliphatic hydroxyl groups is 1. The molecule has 0 unspecified atom stereocenters. The molecule has 1 rings (SSSR count). The van der Waals surface area contributed by atoms with Gasteiger partial charge in [0.1, 0.15) is 0 Å². The fraction of sp³-hybridized carbons (Fsp3) is 0.417. The van der Waals surface area contributed by atoms with E-state index in [4.69, 9.17) is 5.11 Å². The zero-order chi connectivity index (χ0) is 12.0. The highest BCUT2D eigenvalue weighted by Gasteiger charge is 2.14. The smallest absolute Gasteiger partial charge is 0.282 e. The summed E-state index contributed by atoms with van der Waals surface area (Å²) in [6.07, 6.45) is 0. The van der Waals surface area contributed by atoms with Crippen LogP contribution in [0.25, 0.3) is 0 Å². The first-order valence-corrected chi connectivity index (χ1v) is 5.45. The summed E-state index contributed by atoms with van der Waals surface area (Å²) in [7, 11) is 0. The summed E-state index contributed by atoms with van der Waals surface area (Å²) in [5.74, 6) is -0.0442. The van der Waals surface area contributed by atoms with Crippen molar-refractivity contribution in [2.45, 2.75) is 19.9 Å². The number of aryl methyl sites for hydroxylation is 1. The van der Waals surface area contributed by atoms with Gasteiger partial charge in [-0.05, 0) is 26.0 Å². The Morgan fingerprint density at radius 1 is 1.44 bits per heavy atom. The second kappa shape index (κ2) is 6.25. The molecule has 1 aromatic carbocycles. The number of anilines is 1. The highest BCUT2D eigenvalue weighted by Crippen LogP contribution is 2.08. The van der Waals surface area contributed by atoms with Gasteiger partial charge >= 0.3 is 0 Å². The van der Waals surface area contributed by atoms with Crippen molar-refractivity contribution in [1.82, 2.24) is 0 Å². The van der Waals surface area contributed by atoms with Crippen LogP contribution < -0.4 is 10.6 Å². The standard InChI is InChI=1S/C12H18N2O2/c1-9-3-5-11(6-4-9)14-12(16)10(2)13-7-8-15/h3-6,10,13,15H,7-8H2,1-2H3,(H,14,16)/p+1/t10-/m1/s1. The topological polar surface area (TPSA) is 65.9 Å². The van der Waals surface area contributed by atoms with Gasteiger partial charge in [0, 0.05) is 5.69 Å². The number of carbonyl (C=O) groups excluding carboxylic acids is 1. The quantitative estimate of drug-likeness (QED) is 0.651. The highest BCUT2D eigenvalue weighted by atomic mass is 16.3. The van der Waals surface area contributed by atoms with Gasteiger partial charge in [-0.15, -0.1) is 0 Å². The van der Waals surface area contributed by atoms with Crippen LogP contribution in [-0.2, 0) is 4.79 Å². The Labute approximate surface area is 95.7 Å². The zero-order valence-electron chi connectivity index (χ0n) is 9.73. The first-order valence-electron chi connectivity index (χ1n) is 5.45. The van der Waals surface area contributed by atoms with Gasteiger partial charge in [-0.3, -0.25) is 4.79 Å². The summed E-state index contributed by atoms with van der Waals surface area (Å²) in [5, 5.41) is 13.3. The van der Waals surface area contributed by atoms with E-state index < -0.39 is 0 Å². The van der Waals surface area contributed by atoms with Crippen LogP contribution in [0.4, 0.5) is 5.69 Å².